The number of rotatable bonds is 7. The Morgan fingerprint density at radius 3 is 2.41 bits per heavy atom. The number of carbonyl (C=O) groups is 1. The van der Waals surface area contributed by atoms with E-state index in [4.69, 9.17) is 0 Å². The molecule has 0 spiro atoms. The van der Waals surface area contributed by atoms with E-state index in [9.17, 15) is 14.9 Å². The maximum Gasteiger partial charge on any atom is 0.269 e. The Morgan fingerprint density at radius 1 is 1.00 bits per heavy atom. The molecule has 1 aliphatic heterocycles. The molecule has 0 radical (unpaired) electrons. The first-order valence-corrected chi connectivity index (χ1v) is 10.6. The summed E-state index contributed by atoms with van der Waals surface area (Å²) in [5, 5.41) is 10.7. The summed E-state index contributed by atoms with van der Waals surface area (Å²) in [4.78, 5) is 31.5. The number of nitro benzene ring substituents is 1. The highest BCUT2D eigenvalue weighted by Crippen LogP contribution is 2.17. The second-order valence-corrected chi connectivity index (χ2v) is 7.66. The third-order valence-electron chi connectivity index (χ3n) is 5.61. The summed E-state index contributed by atoms with van der Waals surface area (Å²) in [6.07, 6.45) is 7.07. The van der Waals surface area contributed by atoms with Gasteiger partial charge in [-0.05, 0) is 23.8 Å². The number of imidazole rings is 1. The van der Waals surface area contributed by atoms with Crippen molar-refractivity contribution in [1.29, 1.82) is 0 Å². The fourth-order valence-electron chi connectivity index (χ4n) is 3.76. The van der Waals surface area contributed by atoms with E-state index in [2.05, 4.69) is 26.6 Å². The predicted molar refractivity (Wildman–Crippen MR) is 123 cm³/mol. The van der Waals surface area contributed by atoms with Gasteiger partial charge in [0, 0.05) is 75.4 Å². The van der Waals surface area contributed by atoms with Crippen LogP contribution in [-0.4, -0.2) is 62.9 Å². The first-order chi connectivity index (χ1) is 15.6. The standard InChI is InChI=1S/C24H25N5O3/c30-23(11-8-20-6-9-22(10-7-20)29(31)32)27-17-14-26(15-18-27)16-19-28-13-12-25-24(28)21-4-2-1-3-5-21/h1-13H,14-19H2/b11-8+. The highest BCUT2D eigenvalue weighted by molar-refractivity contribution is 5.91. The molecule has 1 fully saturated rings. The molecule has 0 N–H and O–H groups in total. The molecular formula is C24H25N5O3. The number of non-ortho nitro benzene ring substituents is 1. The maximum atomic E-state index is 12.5. The van der Waals surface area contributed by atoms with Gasteiger partial charge in [0.05, 0.1) is 4.92 Å². The van der Waals surface area contributed by atoms with Gasteiger partial charge in [0.2, 0.25) is 5.91 Å². The van der Waals surface area contributed by atoms with Crippen molar-refractivity contribution >= 4 is 17.7 Å². The summed E-state index contributed by atoms with van der Waals surface area (Å²) < 4.78 is 2.17. The molecule has 1 saturated heterocycles. The van der Waals surface area contributed by atoms with Crippen LogP contribution in [0.5, 0.6) is 0 Å². The number of carbonyl (C=O) groups excluding carboxylic acids is 1. The molecule has 0 bridgehead atoms. The molecule has 0 unspecified atom stereocenters. The number of piperazine rings is 1. The molecule has 4 rings (SSSR count). The van der Waals surface area contributed by atoms with Crippen LogP contribution >= 0.6 is 0 Å². The van der Waals surface area contributed by atoms with Crippen molar-refractivity contribution in [2.45, 2.75) is 6.54 Å². The van der Waals surface area contributed by atoms with Crippen molar-refractivity contribution in [3.8, 4) is 11.4 Å². The third kappa shape index (κ3) is 5.28. The van der Waals surface area contributed by atoms with Gasteiger partial charge in [-0.25, -0.2) is 4.98 Å². The van der Waals surface area contributed by atoms with Crippen LogP contribution in [0.15, 0.2) is 73.1 Å². The van der Waals surface area contributed by atoms with E-state index >= 15 is 0 Å². The van der Waals surface area contributed by atoms with Crippen molar-refractivity contribution in [3.05, 3.63) is 88.7 Å². The smallest absolute Gasteiger partial charge is 0.269 e. The Bertz CT molecular complexity index is 1080. The van der Waals surface area contributed by atoms with Crippen LogP contribution in [0.3, 0.4) is 0 Å². The van der Waals surface area contributed by atoms with E-state index in [-0.39, 0.29) is 11.6 Å². The molecular weight excluding hydrogens is 406 g/mol. The number of aromatic nitrogens is 2. The number of benzene rings is 2. The lowest BCUT2D eigenvalue weighted by Gasteiger charge is -2.34. The highest BCUT2D eigenvalue weighted by atomic mass is 16.6. The van der Waals surface area contributed by atoms with Crippen LogP contribution in [0.1, 0.15) is 5.56 Å². The fraction of sp³-hybridized carbons (Fsp3) is 0.250. The van der Waals surface area contributed by atoms with E-state index in [1.807, 2.05) is 35.5 Å². The van der Waals surface area contributed by atoms with E-state index in [1.54, 1.807) is 18.2 Å². The lowest BCUT2D eigenvalue weighted by Crippen LogP contribution is -2.48. The van der Waals surface area contributed by atoms with E-state index in [0.29, 0.717) is 13.1 Å². The molecule has 8 heteroatoms. The van der Waals surface area contributed by atoms with E-state index in [1.165, 1.54) is 18.2 Å². The predicted octanol–water partition coefficient (Wildman–Crippen LogP) is 3.32. The minimum Gasteiger partial charge on any atom is -0.337 e. The Morgan fingerprint density at radius 2 is 1.72 bits per heavy atom. The minimum atomic E-state index is -0.437. The third-order valence-corrected chi connectivity index (χ3v) is 5.61. The molecule has 32 heavy (non-hydrogen) atoms. The zero-order valence-corrected chi connectivity index (χ0v) is 17.7. The Hall–Kier alpha value is -3.78. The van der Waals surface area contributed by atoms with Crippen molar-refractivity contribution in [3.63, 3.8) is 0 Å². The van der Waals surface area contributed by atoms with Gasteiger partial charge in [-0.3, -0.25) is 19.8 Å². The quantitative estimate of drug-likeness (QED) is 0.326. The lowest BCUT2D eigenvalue weighted by molar-refractivity contribution is -0.384. The largest absolute Gasteiger partial charge is 0.337 e. The van der Waals surface area contributed by atoms with Crippen LogP contribution in [0.4, 0.5) is 5.69 Å². The van der Waals surface area contributed by atoms with Gasteiger partial charge < -0.3 is 9.47 Å². The van der Waals surface area contributed by atoms with Crippen LogP contribution in [0, 0.1) is 10.1 Å². The molecule has 2 aromatic carbocycles. The van der Waals surface area contributed by atoms with E-state index in [0.717, 1.165) is 43.1 Å². The summed E-state index contributed by atoms with van der Waals surface area (Å²) in [6.45, 7) is 4.76. The molecule has 3 aromatic rings. The van der Waals surface area contributed by atoms with Crippen molar-refractivity contribution < 1.29 is 9.72 Å². The molecule has 1 amide bonds. The first-order valence-electron chi connectivity index (χ1n) is 10.6. The van der Waals surface area contributed by atoms with Crippen molar-refractivity contribution in [2.75, 3.05) is 32.7 Å². The number of hydrogen-bond donors (Lipinski definition) is 0. The zero-order valence-electron chi connectivity index (χ0n) is 17.7. The number of nitrogens with zero attached hydrogens (tertiary/aromatic N) is 5. The monoisotopic (exact) mass is 431 g/mol. The normalized spacial score (nSPS) is 14.7. The zero-order chi connectivity index (χ0) is 22.3. The van der Waals surface area contributed by atoms with Crippen LogP contribution in [0.2, 0.25) is 0 Å². The second-order valence-electron chi connectivity index (χ2n) is 7.66. The Labute approximate surface area is 186 Å². The number of amides is 1. The van der Waals surface area contributed by atoms with Gasteiger partial charge in [-0.15, -0.1) is 0 Å². The highest BCUT2D eigenvalue weighted by Gasteiger charge is 2.19. The average molecular weight is 431 g/mol. The molecule has 0 aliphatic carbocycles. The first kappa shape index (κ1) is 21.5. The minimum absolute atomic E-state index is 0.0380. The van der Waals surface area contributed by atoms with Gasteiger partial charge in [0.25, 0.3) is 5.69 Å². The van der Waals surface area contributed by atoms with Gasteiger partial charge in [0.1, 0.15) is 5.82 Å². The maximum absolute atomic E-state index is 12.5. The number of hydrogen-bond acceptors (Lipinski definition) is 5. The van der Waals surface area contributed by atoms with Crippen molar-refractivity contribution in [2.24, 2.45) is 0 Å². The van der Waals surface area contributed by atoms with Crippen LogP contribution in [0.25, 0.3) is 17.5 Å². The molecule has 1 aliphatic rings. The molecule has 8 nitrogen and oxygen atoms in total. The summed E-state index contributed by atoms with van der Waals surface area (Å²) in [5.41, 5.74) is 1.90. The molecule has 164 valence electrons. The molecule has 2 heterocycles. The fourth-order valence-corrected chi connectivity index (χ4v) is 3.76. The van der Waals surface area contributed by atoms with Gasteiger partial charge in [0.15, 0.2) is 0 Å². The molecule has 1 aromatic heterocycles. The topological polar surface area (TPSA) is 84.5 Å². The Kier molecular flexibility index (Phi) is 6.72. The summed E-state index contributed by atoms with van der Waals surface area (Å²) in [7, 11) is 0. The lowest BCUT2D eigenvalue weighted by atomic mass is 10.2. The Balaban J connectivity index is 1.25. The average Bonchev–Trinajstić information content (AvgIpc) is 3.31. The van der Waals surface area contributed by atoms with Crippen LogP contribution < -0.4 is 0 Å². The van der Waals surface area contributed by atoms with Gasteiger partial charge >= 0.3 is 0 Å². The summed E-state index contributed by atoms with van der Waals surface area (Å²) in [5.74, 6) is 0.930. The van der Waals surface area contributed by atoms with Gasteiger partial charge in [-0.2, -0.15) is 0 Å². The molecule has 0 atom stereocenters. The molecule has 0 saturated carbocycles. The van der Waals surface area contributed by atoms with Crippen molar-refractivity contribution in [1.82, 2.24) is 19.4 Å². The van der Waals surface area contributed by atoms with Crippen LogP contribution in [-0.2, 0) is 11.3 Å². The summed E-state index contributed by atoms with van der Waals surface area (Å²) in [6, 6.07) is 16.3. The SMILES string of the molecule is O=C(/C=C/c1ccc([N+](=O)[O-])cc1)N1CCN(CCn2ccnc2-c2ccccc2)CC1. The summed E-state index contributed by atoms with van der Waals surface area (Å²) >= 11 is 0. The van der Waals surface area contributed by atoms with Gasteiger partial charge in [-0.1, -0.05) is 30.3 Å². The second kappa shape index (κ2) is 10.0. The number of nitro groups is 1. The van der Waals surface area contributed by atoms with E-state index < -0.39 is 4.92 Å².